The maximum absolute atomic E-state index is 10.8. The van der Waals surface area contributed by atoms with Crippen LogP contribution >= 0.6 is 0 Å². The van der Waals surface area contributed by atoms with Crippen molar-refractivity contribution in [3.8, 4) is 0 Å². The van der Waals surface area contributed by atoms with Crippen LogP contribution in [0.15, 0.2) is 36.5 Å². The molecule has 1 aliphatic heterocycles. The van der Waals surface area contributed by atoms with Crippen molar-refractivity contribution in [2.45, 2.75) is 25.2 Å². The van der Waals surface area contributed by atoms with E-state index in [4.69, 9.17) is 5.73 Å². The van der Waals surface area contributed by atoms with E-state index >= 15 is 0 Å². The maximum atomic E-state index is 10.8. The van der Waals surface area contributed by atoms with Crippen molar-refractivity contribution in [1.29, 1.82) is 0 Å². The van der Waals surface area contributed by atoms with Gasteiger partial charge in [0.2, 0.25) is 11.8 Å². The van der Waals surface area contributed by atoms with Crippen molar-refractivity contribution in [2.75, 3.05) is 23.7 Å². The Bertz CT molecular complexity index is 692. The van der Waals surface area contributed by atoms with Gasteiger partial charge in [-0.1, -0.05) is 30.3 Å². The summed E-state index contributed by atoms with van der Waals surface area (Å²) < 4.78 is 0. The summed E-state index contributed by atoms with van der Waals surface area (Å²) in [6.45, 7) is 1.65. The highest BCUT2D eigenvalue weighted by Crippen LogP contribution is 2.29. The summed E-state index contributed by atoms with van der Waals surface area (Å²) in [5, 5.41) is 10.8. The van der Waals surface area contributed by atoms with Gasteiger partial charge in [-0.3, -0.25) is 10.1 Å². The maximum Gasteiger partial charge on any atom is 0.329 e. The fraction of sp³-hybridized carbons (Fsp3) is 0.375. The van der Waals surface area contributed by atoms with Crippen molar-refractivity contribution < 1.29 is 4.92 Å². The Morgan fingerprint density at radius 3 is 2.70 bits per heavy atom. The minimum Gasteiger partial charge on any atom is -0.378 e. The summed E-state index contributed by atoms with van der Waals surface area (Å²) >= 11 is 0. The zero-order valence-corrected chi connectivity index (χ0v) is 12.8. The van der Waals surface area contributed by atoms with Crippen LogP contribution in [0.4, 0.5) is 17.5 Å². The molecule has 3 rings (SSSR count). The zero-order valence-electron chi connectivity index (χ0n) is 12.8. The fourth-order valence-corrected chi connectivity index (χ4v) is 3.03. The first-order chi connectivity index (χ1) is 11.1. The lowest BCUT2D eigenvalue weighted by molar-refractivity contribution is -0.384. The van der Waals surface area contributed by atoms with E-state index in [-0.39, 0.29) is 11.5 Å². The van der Waals surface area contributed by atoms with E-state index in [9.17, 15) is 10.1 Å². The minimum absolute atomic E-state index is 0.0798. The summed E-state index contributed by atoms with van der Waals surface area (Å²) in [7, 11) is 0. The van der Waals surface area contributed by atoms with Crippen LogP contribution in [0, 0.1) is 10.1 Å². The smallest absolute Gasteiger partial charge is 0.329 e. The number of nitrogens with zero attached hydrogens (tertiary/aromatic N) is 4. The van der Waals surface area contributed by atoms with Crippen molar-refractivity contribution >= 4 is 17.5 Å². The Hall–Kier alpha value is -2.70. The summed E-state index contributed by atoms with van der Waals surface area (Å²) in [6, 6.07) is 10.5. The van der Waals surface area contributed by atoms with Crippen LogP contribution in [0.1, 0.15) is 30.7 Å². The van der Waals surface area contributed by atoms with E-state index in [2.05, 4.69) is 39.1 Å². The first-order valence-corrected chi connectivity index (χ1v) is 7.72. The zero-order chi connectivity index (χ0) is 16.2. The highest BCUT2D eigenvalue weighted by Gasteiger charge is 2.22. The Balaban J connectivity index is 1.73. The molecule has 1 fully saturated rings. The highest BCUT2D eigenvalue weighted by molar-refractivity contribution is 5.53. The molecule has 1 aromatic carbocycles. The van der Waals surface area contributed by atoms with Crippen LogP contribution in [-0.4, -0.2) is 28.0 Å². The number of aromatic nitrogens is 2. The van der Waals surface area contributed by atoms with E-state index in [1.54, 1.807) is 0 Å². The number of nitrogen functional groups attached to an aromatic ring is 1. The molecule has 0 radical (unpaired) electrons. The summed E-state index contributed by atoms with van der Waals surface area (Å²) in [4.78, 5) is 20.5. The molecule has 1 atom stereocenters. The van der Waals surface area contributed by atoms with Crippen LogP contribution in [0.2, 0.25) is 0 Å². The number of hydrogen-bond acceptors (Lipinski definition) is 6. The molecule has 120 valence electrons. The quantitative estimate of drug-likeness (QED) is 0.691. The van der Waals surface area contributed by atoms with Crippen LogP contribution in [0.3, 0.4) is 0 Å². The summed E-state index contributed by atoms with van der Waals surface area (Å²) in [5.41, 5.74) is 6.78. The Kier molecular flexibility index (Phi) is 4.36. The van der Waals surface area contributed by atoms with Crippen LogP contribution in [0.5, 0.6) is 0 Å². The summed E-state index contributed by atoms with van der Waals surface area (Å²) in [5.74, 6) is 0.919. The molecule has 23 heavy (non-hydrogen) atoms. The van der Waals surface area contributed by atoms with Gasteiger partial charge in [-0.05, 0) is 30.7 Å². The number of benzene rings is 1. The number of anilines is 2. The van der Waals surface area contributed by atoms with Gasteiger partial charge in [-0.2, -0.15) is 4.98 Å². The van der Waals surface area contributed by atoms with Gasteiger partial charge in [-0.25, -0.2) is 4.98 Å². The van der Waals surface area contributed by atoms with Crippen LogP contribution in [-0.2, 0) is 0 Å². The predicted molar refractivity (Wildman–Crippen MR) is 88.3 cm³/mol. The fourth-order valence-electron chi connectivity index (χ4n) is 3.03. The summed E-state index contributed by atoms with van der Waals surface area (Å²) in [6.07, 6.45) is 4.34. The molecular weight excluding hydrogens is 294 g/mol. The molecule has 1 unspecified atom stereocenters. The average molecular weight is 313 g/mol. The van der Waals surface area contributed by atoms with Gasteiger partial charge in [0.05, 0.1) is 4.92 Å². The first-order valence-electron chi connectivity index (χ1n) is 7.72. The van der Waals surface area contributed by atoms with E-state index in [0.717, 1.165) is 32.4 Å². The molecule has 1 aromatic heterocycles. The van der Waals surface area contributed by atoms with Gasteiger partial charge in [0.1, 0.15) is 6.20 Å². The molecule has 0 spiro atoms. The van der Waals surface area contributed by atoms with Gasteiger partial charge >= 0.3 is 5.69 Å². The molecule has 7 heteroatoms. The standard InChI is InChI=1S/C16H19N5O2/c17-15-14(21(22)23)11-18-16(19-15)20-9-4-7-13(8-10-20)12-5-2-1-3-6-12/h1-3,5-6,11,13H,4,7-10H2,(H2,17,18,19). The van der Waals surface area contributed by atoms with E-state index in [1.165, 1.54) is 11.8 Å². The van der Waals surface area contributed by atoms with Gasteiger partial charge in [-0.15, -0.1) is 0 Å². The third-order valence-corrected chi connectivity index (χ3v) is 4.26. The molecule has 1 aliphatic rings. The first kappa shape index (κ1) is 15.2. The van der Waals surface area contributed by atoms with Crippen LogP contribution in [0.25, 0.3) is 0 Å². The SMILES string of the molecule is Nc1nc(N2CCCC(c3ccccc3)CC2)ncc1[N+](=O)[O-]. The monoisotopic (exact) mass is 313 g/mol. The Labute approximate surface area is 134 Å². The number of hydrogen-bond donors (Lipinski definition) is 1. The molecule has 0 aliphatic carbocycles. The molecule has 0 saturated carbocycles. The van der Waals surface area contributed by atoms with Gasteiger partial charge in [0.25, 0.3) is 0 Å². The number of rotatable bonds is 3. The van der Waals surface area contributed by atoms with Crippen molar-refractivity contribution in [1.82, 2.24) is 9.97 Å². The molecule has 0 bridgehead atoms. The van der Waals surface area contributed by atoms with Crippen LogP contribution < -0.4 is 10.6 Å². The lowest BCUT2D eigenvalue weighted by Crippen LogP contribution is -2.26. The average Bonchev–Trinajstić information content (AvgIpc) is 2.81. The van der Waals surface area contributed by atoms with Crippen molar-refractivity contribution in [3.63, 3.8) is 0 Å². The highest BCUT2D eigenvalue weighted by atomic mass is 16.6. The predicted octanol–water partition coefficient (Wildman–Crippen LogP) is 2.74. The van der Waals surface area contributed by atoms with E-state index in [1.807, 2.05) is 6.07 Å². The van der Waals surface area contributed by atoms with Crippen molar-refractivity contribution in [3.05, 3.63) is 52.2 Å². The molecule has 7 nitrogen and oxygen atoms in total. The van der Waals surface area contributed by atoms with Gasteiger partial charge in [0, 0.05) is 13.1 Å². The van der Waals surface area contributed by atoms with E-state index < -0.39 is 4.92 Å². The third-order valence-electron chi connectivity index (χ3n) is 4.26. The second kappa shape index (κ2) is 6.60. The van der Waals surface area contributed by atoms with Crippen molar-refractivity contribution in [2.24, 2.45) is 0 Å². The molecule has 2 aromatic rings. The van der Waals surface area contributed by atoms with Gasteiger partial charge < -0.3 is 10.6 Å². The minimum atomic E-state index is -0.563. The lowest BCUT2D eigenvalue weighted by Gasteiger charge is -2.20. The second-order valence-corrected chi connectivity index (χ2v) is 5.72. The Morgan fingerprint density at radius 2 is 2.00 bits per heavy atom. The molecule has 2 heterocycles. The second-order valence-electron chi connectivity index (χ2n) is 5.72. The topological polar surface area (TPSA) is 98.2 Å². The van der Waals surface area contributed by atoms with Gasteiger partial charge in [0.15, 0.2) is 0 Å². The molecule has 1 saturated heterocycles. The molecule has 0 amide bonds. The third kappa shape index (κ3) is 3.39. The number of nitro groups is 1. The number of nitrogens with two attached hydrogens (primary N) is 1. The molecule has 2 N–H and O–H groups in total. The normalized spacial score (nSPS) is 18.4. The molecular formula is C16H19N5O2. The van der Waals surface area contributed by atoms with E-state index in [0.29, 0.717) is 11.9 Å². The lowest BCUT2D eigenvalue weighted by atomic mass is 9.92. The Morgan fingerprint density at radius 1 is 1.22 bits per heavy atom. The largest absolute Gasteiger partial charge is 0.378 e.